The van der Waals surface area contributed by atoms with Gasteiger partial charge in [-0.15, -0.1) is 0 Å². The number of benzene rings is 1. The number of carbonyl (C=O) groups is 2. The molecule has 186 valence electrons. The van der Waals surface area contributed by atoms with Crippen LogP contribution in [0.4, 0.5) is 8.78 Å². The largest absolute Gasteiger partial charge is 0.503 e. The van der Waals surface area contributed by atoms with Crippen molar-refractivity contribution in [2.45, 2.75) is 64.1 Å². The zero-order valence-electron chi connectivity index (χ0n) is 19.2. The Hall–Kier alpha value is -2.94. The molecule has 1 saturated heterocycles. The molecule has 1 aromatic heterocycles. The Balaban J connectivity index is 1.47. The number of hydrogen-bond acceptors (Lipinski definition) is 4. The van der Waals surface area contributed by atoms with Gasteiger partial charge < -0.3 is 19.9 Å². The molecule has 1 spiro atoms. The maximum absolute atomic E-state index is 14.2. The molecule has 2 fully saturated rings. The zero-order chi connectivity index (χ0) is 25.1. The minimum absolute atomic E-state index is 0.0239. The van der Waals surface area contributed by atoms with Gasteiger partial charge in [-0.1, -0.05) is 17.7 Å². The lowest BCUT2D eigenvalue weighted by Crippen LogP contribution is -2.48. The SMILES string of the molecule is C[C@H]1CCC2(CC[C@@H]3CN1C(=O)c1c(O)c(=O)c(C(=O)NCc4ccc(F)c(Cl)c4F)cn13)CC2. The van der Waals surface area contributed by atoms with E-state index in [1.807, 2.05) is 6.92 Å². The fraction of sp³-hybridized carbons (Fsp3) is 0.480. The third-order valence-electron chi connectivity index (χ3n) is 7.86. The molecule has 2 aliphatic heterocycles. The van der Waals surface area contributed by atoms with Crippen LogP contribution in [0.15, 0.2) is 23.1 Å². The number of pyridine rings is 1. The number of amides is 2. The molecule has 0 unspecified atom stereocenters. The van der Waals surface area contributed by atoms with Gasteiger partial charge in [0.25, 0.3) is 11.8 Å². The maximum Gasteiger partial charge on any atom is 0.274 e. The van der Waals surface area contributed by atoms with Crippen LogP contribution in [0, 0.1) is 17.0 Å². The number of aromatic nitrogens is 1. The molecule has 1 saturated carbocycles. The lowest BCUT2D eigenvalue weighted by atomic mass is 9.92. The second kappa shape index (κ2) is 8.62. The smallest absolute Gasteiger partial charge is 0.274 e. The summed E-state index contributed by atoms with van der Waals surface area (Å²) in [4.78, 5) is 40.8. The first-order chi connectivity index (χ1) is 16.6. The Morgan fingerprint density at radius 1 is 1.20 bits per heavy atom. The van der Waals surface area contributed by atoms with Gasteiger partial charge in [-0.2, -0.15) is 0 Å². The van der Waals surface area contributed by atoms with Crippen LogP contribution in [0.3, 0.4) is 0 Å². The predicted octanol–water partition coefficient (Wildman–Crippen LogP) is 4.16. The second-order valence-corrected chi connectivity index (χ2v) is 10.4. The van der Waals surface area contributed by atoms with Gasteiger partial charge in [-0.05, 0) is 56.9 Å². The van der Waals surface area contributed by atoms with Crippen LogP contribution < -0.4 is 10.7 Å². The highest BCUT2D eigenvalue weighted by Crippen LogP contribution is 2.55. The first kappa shape index (κ1) is 23.8. The normalized spacial score (nSPS) is 22.7. The first-order valence-electron chi connectivity index (χ1n) is 11.8. The Morgan fingerprint density at radius 3 is 2.63 bits per heavy atom. The van der Waals surface area contributed by atoms with Gasteiger partial charge in [0, 0.05) is 30.9 Å². The molecule has 2 N–H and O–H groups in total. The molecule has 0 radical (unpaired) electrons. The molecular formula is C25H26ClF2N3O4. The molecule has 1 aliphatic carbocycles. The van der Waals surface area contributed by atoms with Crippen molar-refractivity contribution >= 4 is 23.4 Å². The molecule has 35 heavy (non-hydrogen) atoms. The Labute approximate surface area is 205 Å². The zero-order valence-corrected chi connectivity index (χ0v) is 20.0. The summed E-state index contributed by atoms with van der Waals surface area (Å²) in [6, 6.07) is 1.92. The van der Waals surface area contributed by atoms with Gasteiger partial charge in [0.15, 0.2) is 11.4 Å². The van der Waals surface area contributed by atoms with Gasteiger partial charge in [0.05, 0.1) is 6.04 Å². The average Bonchev–Trinajstić information content (AvgIpc) is 3.60. The van der Waals surface area contributed by atoms with E-state index in [0.29, 0.717) is 12.0 Å². The Bertz CT molecular complexity index is 1290. The summed E-state index contributed by atoms with van der Waals surface area (Å²) in [7, 11) is 0. The molecule has 2 amide bonds. The highest BCUT2D eigenvalue weighted by atomic mass is 35.5. The predicted molar refractivity (Wildman–Crippen MR) is 125 cm³/mol. The van der Waals surface area contributed by atoms with Crippen LogP contribution in [-0.4, -0.2) is 39.0 Å². The van der Waals surface area contributed by atoms with Crippen molar-refractivity contribution in [1.29, 1.82) is 0 Å². The minimum Gasteiger partial charge on any atom is -0.503 e. The summed E-state index contributed by atoms with van der Waals surface area (Å²) < 4.78 is 29.2. The van der Waals surface area contributed by atoms with Gasteiger partial charge >= 0.3 is 0 Å². The summed E-state index contributed by atoms with van der Waals surface area (Å²) in [5.41, 5.74) is -1.18. The number of carbonyl (C=O) groups excluding carboxylic acids is 2. The van der Waals surface area contributed by atoms with E-state index in [0.717, 1.165) is 37.8 Å². The summed E-state index contributed by atoms with van der Waals surface area (Å²) in [5.74, 6) is -3.96. The Morgan fingerprint density at radius 2 is 1.91 bits per heavy atom. The lowest BCUT2D eigenvalue weighted by Gasteiger charge is -2.39. The lowest BCUT2D eigenvalue weighted by molar-refractivity contribution is 0.0572. The van der Waals surface area contributed by atoms with Gasteiger partial charge in [-0.3, -0.25) is 14.4 Å². The molecule has 3 aliphatic rings. The summed E-state index contributed by atoms with van der Waals surface area (Å²) in [6.07, 6.45) is 7.30. The molecule has 2 bridgehead atoms. The van der Waals surface area contributed by atoms with Crippen molar-refractivity contribution in [3.63, 3.8) is 0 Å². The molecule has 7 nitrogen and oxygen atoms in total. The van der Waals surface area contributed by atoms with Crippen molar-refractivity contribution in [1.82, 2.24) is 14.8 Å². The molecule has 5 rings (SSSR count). The van der Waals surface area contributed by atoms with E-state index in [1.54, 1.807) is 9.47 Å². The molecule has 2 atom stereocenters. The van der Waals surface area contributed by atoms with E-state index >= 15 is 0 Å². The van der Waals surface area contributed by atoms with Crippen molar-refractivity contribution in [2.24, 2.45) is 5.41 Å². The molecule has 3 heterocycles. The Kier molecular flexibility index (Phi) is 5.86. The van der Waals surface area contributed by atoms with Gasteiger partial charge in [0.1, 0.15) is 22.2 Å². The quantitative estimate of drug-likeness (QED) is 0.613. The van der Waals surface area contributed by atoms with Gasteiger partial charge in [-0.25, -0.2) is 8.78 Å². The number of hydrogen-bond donors (Lipinski definition) is 2. The van der Waals surface area contributed by atoms with E-state index in [4.69, 9.17) is 11.6 Å². The number of nitrogens with zero attached hydrogens (tertiary/aromatic N) is 2. The van der Waals surface area contributed by atoms with Crippen molar-refractivity contribution in [3.05, 3.63) is 62.0 Å². The average molecular weight is 506 g/mol. The van der Waals surface area contributed by atoms with Crippen LogP contribution in [-0.2, 0) is 6.54 Å². The molecule has 10 heteroatoms. The topological polar surface area (TPSA) is 91.6 Å². The van der Waals surface area contributed by atoms with E-state index < -0.39 is 39.6 Å². The third-order valence-corrected chi connectivity index (χ3v) is 8.21. The summed E-state index contributed by atoms with van der Waals surface area (Å²) in [5, 5.41) is 12.5. The number of halogens is 3. The monoisotopic (exact) mass is 505 g/mol. The van der Waals surface area contributed by atoms with Crippen LogP contribution in [0.25, 0.3) is 0 Å². The number of fused-ring (bicyclic) bond motifs is 4. The third kappa shape index (κ3) is 4.09. The van der Waals surface area contributed by atoms with E-state index in [9.17, 15) is 28.3 Å². The van der Waals surface area contributed by atoms with Crippen LogP contribution in [0.2, 0.25) is 5.02 Å². The first-order valence-corrected chi connectivity index (χ1v) is 12.2. The standard InChI is InChI=1S/C25H26ClF2N3O4/c1-13-4-6-25(8-9-25)7-5-15-11-30(13)24(35)20-22(33)21(32)16(12-31(15)20)23(34)29-10-14-2-3-17(27)18(26)19(14)28/h2-3,12-13,15,33H,4-11H2,1H3,(H,29,34)/t13-,15+/m0/s1. The summed E-state index contributed by atoms with van der Waals surface area (Å²) in [6.45, 7) is 2.08. The number of aromatic hydroxyl groups is 1. The van der Waals surface area contributed by atoms with Crippen molar-refractivity contribution < 1.29 is 23.5 Å². The second-order valence-electron chi connectivity index (χ2n) is 10.0. The highest BCUT2D eigenvalue weighted by molar-refractivity contribution is 6.30. The van der Waals surface area contributed by atoms with E-state index in [2.05, 4.69) is 5.32 Å². The molecule has 2 aromatic rings. The van der Waals surface area contributed by atoms with E-state index in [-0.39, 0.29) is 35.4 Å². The van der Waals surface area contributed by atoms with Crippen molar-refractivity contribution in [3.8, 4) is 5.75 Å². The highest BCUT2D eigenvalue weighted by Gasteiger charge is 2.46. The van der Waals surface area contributed by atoms with Crippen LogP contribution in [0.5, 0.6) is 5.75 Å². The maximum atomic E-state index is 14.2. The van der Waals surface area contributed by atoms with Crippen LogP contribution >= 0.6 is 11.6 Å². The van der Waals surface area contributed by atoms with Crippen molar-refractivity contribution in [2.75, 3.05) is 6.54 Å². The minimum atomic E-state index is -1.00. The van der Waals surface area contributed by atoms with E-state index in [1.165, 1.54) is 19.0 Å². The number of nitrogens with one attached hydrogen (secondary N) is 1. The fourth-order valence-electron chi connectivity index (χ4n) is 5.34. The fourth-order valence-corrected chi connectivity index (χ4v) is 5.53. The molecule has 1 aromatic carbocycles. The number of rotatable bonds is 3. The molecular weight excluding hydrogens is 480 g/mol. The van der Waals surface area contributed by atoms with Crippen LogP contribution in [0.1, 0.15) is 77.9 Å². The summed E-state index contributed by atoms with van der Waals surface area (Å²) >= 11 is 5.59. The van der Waals surface area contributed by atoms with Gasteiger partial charge in [0.2, 0.25) is 5.43 Å².